The molecule has 1 aromatic rings. The third-order valence-electron chi connectivity index (χ3n) is 1.89. The molecular weight excluding hydrogens is 174 g/mol. The van der Waals surface area contributed by atoms with Crippen molar-refractivity contribution in [3.05, 3.63) is 18.0 Å². The first-order valence-electron chi connectivity index (χ1n) is 4.99. The average molecular weight is 191 g/mol. The van der Waals surface area contributed by atoms with Gasteiger partial charge in [-0.3, -0.25) is 4.68 Å². The van der Waals surface area contributed by atoms with Crippen LogP contribution in [0.25, 0.3) is 0 Å². The molecule has 0 atom stereocenters. The number of hydrogen-bond donors (Lipinski definition) is 1. The summed E-state index contributed by atoms with van der Waals surface area (Å²) in [6.07, 6.45) is 2.88. The zero-order chi connectivity index (χ0) is 10.2. The Morgan fingerprint density at radius 2 is 2.43 bits per heavy atom. The van der Waals surface area contributed by atoms with Crippen molar-refractivity contribution in [3.63, 3.8) is 0 Å². The minimum absolute atomic E-state index is 0.850. The highest BCUT2D eigenvalue weighted by Gasteiger charge is 1.96. The Hall–Kier alpha value is -1.27. The summed E-state index contributed by atoms with van der Waals surface area (Å²) in [5.74, 6) is 5.90. The smallest absolute Gasteiger partial charge is 0.0762 e. The summed E-state index contributed by atoms with van der Waals surface area (Å²) >= 11 is 0. The lowest BCUT2D eigenvalue weighted by atomic mass is 10.4. The van der Waals surface area contributed by atoms with Crippen LogP contribution in [-0.4, -0.2) is 16.3 Å². The van der Waals surface area contributed by atoms with E-state index in [0.29, 0.717) is 0 Å². The van der Waals surface area contributed by atoms with Gasteiger partial charge in [-0.2, -0.15) is 5.10 Å². The standard InChI is InChI=1S/C11H17N3/c1-3-5-6-8-14-9-7-11(13-14)10-12-4-2/h7,9,12H,4,6,8,10H2,1-2H3. The Bertz CT molecular complexity index is 317. The van der Waals surface area contributed by atoms with Gasteiger partial charge >= 0.3 is 0 Å². The summed E-state index contributed by atoms with van der Waals surface area (Å²) in [5, 5.41) is 7.65. The molecule has 0 saturated heterocycles. The summed E-state index contributed by atoms with van der Waals surface area (Å²) in [6, 6.07) is 2.04. The molecule has 0 radical (unpaired) electrons. The Labute approximate surface area is 85.5 Å². The van der Waals surface area contributed by atoms with Crippen LogP contribution < -0.4 is 5.32 Å². The molecule has 0 fully saturated rings. The fourth-order valence-corrected chi connectivity index (χ4v) is 1.17. The number of aryl methyl sites for hydroxylation is 1. The van der Waals surface area contributed by atoms with Gasteiger partial charge in [-0.1, -0.05) is 6.92 Å². The first kappa shape index (κ1) is 10.8. The van der Waals surface area contributed by atoms with Crippen molar-refractivity contribution in [2.45, 2.75) is 33.4 Å². The Balaban J connectivity index is 2.37. The van der Waals surface area contributed by atoms with Crippen LogP contribution in [0, 0.1) is 11.8 Å². The minimum Gasteiger partial charge on any atom is -0.311 e. The topological polar surface area (TPSA) is 29.9 Å². The first-order valence-corrected chi connectivity index (χ1v) is 4.99. The molecule has 14 heavy (non-hydrogen) atoms. The molecule has 0 aliphatic heterocycles. The second kappa shape index (κ2) is 6.22. The molecular formula is C11H17N3. The lowest BCUT2D eigenvalue weighted by Crippen LogP contribution is -2.12. The summed E-state index contributed by atoms with van der Waals surface area (Å²) in [4.78, 5) is 0. The normalized spacial score (nSPS) is 9.57. The molecule has 0 aliphatic carbocycles. The third kappa shape index (κ3) is 3.63. The molecule has 3 heteroatoms. The summed E-state index contributed by atoms with van der Waals surface area (Å²) in [5.41, 5.74) is 1.09. The zero-order valence-electron chi connectivity index (χ0n) is 8.88. The molecule has 0 aliphatic rings. The van der Waals surface area contributed by atoms with E-state index in [2.05, 4.69) is 29.2 Å². The van der Waals surface area contributed by atoms with Crippen molar-refractivity contribution < 1.29 is 0 Å². The highest BCUT2D eigenvalue weighted by molar-refractivity contribution is 4.99. The molecule has 3 nitrogen and oxygen atoms in total. The Morgan fingerprint density at radius 3 is 3.14 bits per heavy atom. The van der Waals surface area contributed by atoms with Gasteiger partial charge in [0.15, 0.2) is 0 Å². The molecule has 0 amide bonds. The molecule has 0 aromatic carbocycles. The molecule has 1 N–H and O–H groups in total. The van der Waals surface area contributed by atoms with Crippen LogP contribution in [0.3, 0.4) is 0 Å². The molecule has 76 valence electrons. The van der Waals surface area contributed by atoms with Crippen molar-refractivity contribution in [1.29, 1.82) is 0 Å². The fraction of sp³-hybridized carbons (Fsp3) is 0.545. The van der Waals surface area contributed by atoms with Gasteiger partial charge in [-0.05, 0) is 19.5 Å². The largest absolute Gasteiger partial charge is 0.311 e. The molecule has 0 spiro atoms. The molecule has 0 saturated carbocycles. The van der Waals surface area contributed by atoms with Crippen LogP contribution in [0.15, 0.2) is 12.3 Å². The third-order valence-corrected chi connectivity index (χ3v) is 1.89. The SMILES string of the molecule is CC#CCCn1ccc(CNCC)n1. The van der Waals surface area contributed by atoms with Gasteiger partial charge in [0.2, 0.25) is 0 Å². The van der Waals surface area contributed by atoms with Crippen molar-refractivity contribution in [3.8, 4) is 11.8 Å². The van der Waals surface area contributed by atoms with E-state index in [1.54, 1.807) is 0 Å². The van der Waals surface area contributed by atoms with Gasteiger partial charge in [-0.15, -0.1) is 11.8 Å². The minimum atomic E-state index is 0.850. The van der Waals surface area contributed by atoms with Crippen LogP contribution in [0.1, 0.15) is 26.0 Å². The van der Waals surface area contributed by atoms with Gasteiger partial charge < -0.3 is 5.32 Å². The number of hydrogen-bond acceptors (Lipinski definition) is 2. The van der Waals surface area contributed by atoms with E-state index in [-0.39, 0.29) is 0 Å². The number of nitrogens with one attached hydrogen (secondary N) is 1. The van der Waals surface area contributed by atoms with E-state index in [1.165, 1.54) is 0 Å². The molecule has 1 heterocycles. The number of nitrogens with zero attached hydrogens (tertiary/aromatic N) is 2. The van der Waals surface area contributed by atoms with Gasteiger partial charge in [-0.25, -0.2) is 0 Å². The molecule has 0 unspecified atom stereocenters. The predicted octanol–water partition coefficient (Wildman–Crippen LogP) is 1.41. The monoisotopic (exact) mass is 191 g/mol. The predicted molar refractivity (Wildman–Crippen MR) is 57.7 cm³/mol. The van der Waals surface area contributed by atoms with Crippen molar-refractivity contribution in [2.24, 2.45) is 0 Å². The number of rotatable bonds is 5. The van der Waals surface area contributed by atoms with E-state index >= 15 is 0 Å². The quantitative estimate of drug-likeness (QED) is 0.713. The Kier molecular flexibility index (Phi) is 4.81. The number of aromatic nitrogens is 2. The maximum absolute atomic E-state index is 4.41. The lowest BCUT2D eigenvalue weighted by Gasteiger charge is -1.97. The van der Waals surface area contributed by atoms with Crippen molar-refractivity contribution in [2.75, 3.05) is 6.54 Å². The summed E-state index contributed by atoms with van der Waals surface area (Å²) in [6.45, 7) is 6.66. The Morgan fingerprint density at radius 1 is 1.57 bits per heavy atom. The van der Waals surface area contributed by atoms with Gasteiger partial charge in [0, 0.05) is 19.2 Å². The van der Waals surface area contributed by atoms with Crippen LogP contribution in [0.4, 0.5) is 0 Å². The zero-order valence-corrected chi connectivity index (χ0v) is 8.88. The highest BCUT2D eigenvalue weighted by Crippen LogP contribution is 1.96. The van der Waals surface area contributed by atoms with E-state index < -0.39 is 0 Å². The fourth-order valence-electron chi connectivity index (χ4n) is 1.17. The van der Waals surface area contributed by atoms with Crippen molar-refractivity contribution in [1.82, 2.24) is 15.1 Å². The second-order valence-corrected chi connectivity index (χ2v) is 3.03. The lowest BCUT2D eigenvalue weighted by molar-refractivity contribution is 0.606. The summed E-state index contributed by atoms with van der Waals surface area (Å²) in [7, 11) is 0. The van der Waals surface area contributed by atoms with Crippen LogP contribution in [0.5, 0.6) is 0 Å². The molecule has 1 aromatic heterocycles. The van der Waals surface area contributed by atoms with Crippen LogP contribution in [-0.2, 0) is 13.1 Å². The highest BCUT2D eigenvalue weighted by atomic mass is 15.3. The maximum Gasteiger partial charge on any atom is 0.0762 e. The van der Waals surface area contributed by atoms with Crippen LogP contribution in [0.2, 0.25) is 0 Å². The summed E-state index contributed by atoms with van der Waals surface area (Å²) < 4.78 is 1.94. The second-order valence-electron chi connectivity index (χ2n) is 3.03. The molecule has 1 rings (SSSR count). The van der Waals surface area contributed by atoms with Crippen LogP contribution >= 0.6 is 0 Å². The first-order chi connectivity index (χ1) is 6.86. The molecule has 0 bridgehead atoms. The van der Waals surface area contributed by atoms with E-state index in [1.807, 2.05) is 23.9 Å². The van der Waals surface area contributed by atoms with E-state index in [9.17, 15) is 0 Å². The van der Waals surface area contributed by atoms with E-state index in [0.717, 1.165) is 31.7 Å². The van der Waals surface area contributed by atoms with Gasteiger partial charge in [0.25, 0.3) is 0 Å². The maximum atomic E-state index is 4.41. The van der Waals surface area contributed by atoms with Gasteiger partial charge in [0.05, 0.1) is 12.2 Å². The van der Waals surface area contributed by atoms with Gasteiger partial charge in [0.1, 0.15) is 0 Å². The van der Waals surface area contributed by atoms with E-state index in [4.69, 9.17) is 0 Å². The van der Waals surface area contributed by atoms with Crippen molar-refractivity contribution >= 4 is 0 Å². The average Bonchev–Trinajstić information content (AvgIpc) is 2.63.